The summed E-state index contributed by atoms with van der Waals surface area (Å²) >= 11 is 0. The lowest BCUT2D eigenvalue weighted by molar-refractivity contribution is 0.727. The Labute approximate surface area is 150 Å². The molecule has 0 aliphatic heterocycles. The van der Waals surface area contributed by atoms with Gasteiger partial charge in [0.15, 0.2) is 0 Å². The molecule has 1 aliphatic carbocycles. The van der Waals surface area contributed by atoms with E-state index in [2.05, 4.69) is 32.3 Å². The second-order valence-corrected chi connectivity index (χ2v) is 7.13. The van der Waals surface area contributed by atoms with Gasteiger partial charge in [-0.2, -0.15) is 15.2 Å². The summed E-state index contributed by atoms with van der Waals surface area (Å²) in [5.74, 6) is 2.16. The van der Waals surface area contributed by atoms with Crippen LogP contribution in [0.2, 0.25) is 0 Å². The summed E-state index contributed by atoms with van der Waals surface area (Å²) < 4.78 is 5.50. The number of hydrogen-bond donors (Lipinski definition) is 0. The highest BCUT2D eigenvalue weighted by Gasteiger charge is 2.43. The molecule has 0 aromatic carbocycles. The minimum atomic E-state index is 0.420. The van der Waals surface area contributed by atoms with Gasteiger partial charge in [-0.3, -0.25) is 9.36 Å². The van der Waals surface area contributed by atoms with E-state index < -0.39 is 0 Å². The first-order valence-electron chi connectivity index (χ1n) is 8.74. The van der Waals surface area contributed by atoms with Gasteiger partial charge in [-0.25, -0.2) is 9.50 Å². The predicted molar refractivity (Wildman–Crippen MR) is 95.8 cm³/mol. The third kappa shape index (κ3) is 2.33. The second-order valence-electron chi connectivity index (χ2n) is 7.13. The van der Waals surface area contributed by atoms with Crippen molar-refractivity contribution in [1.29, 1.82) is 0 Å². The number of fused-ring (bicyclic) bond motifs is 1. The molecule has 4 aromatic heterocycles. The lowest BCUT2D eigenvalue weighted by Crippen LogP contribution is -1.98. The van der Waals surface area contributed by atoms with Crippen molar-refractivity contribution in [2.75, 3.05) is 0 Å². The number of aryl methyl sites for hydroxylation is 4. The highest BCUT2D eigenvalue weighted by atomic mass is 15.4. The van der Waals surface area contributed by atoms with Crippen LogP contribution < -0.4 is 0 Å². The lowest BCUT2D eigenvalue weighted by Gasteiger charge is -1.97. The molecule has 5 rings (SSSR count). The molecule has 0 spiro atoms. The SMILES string of the molecule is Cc1cc(C)n2nc(-c3cc([C@H]4C[C@@H]4c4ccn(C)n4)nn3C)nc2n1. The van der Waals surface area contributed by atoms with Crippen molar-refractivity contribution in [1.82, 2.24) is 39.1 Å². The molecular weight excluding hydrogens is 328 g/mol. The molecule has 8 heteroatoms. The van der Waals surface area contributed by atoms with Gasteiger partial charge in [0, 0.05) is 43.5 Å². The highest BCUT2D eigenvalue weighted by molar-refractivity contribution is 5.54. The van der Waals surface area contributed by atoms with E-state index in [4.69, 9.17) is 5.10 Å². The van der Waals surface area contributed by atoms with Crippen molar-refractivity contribution < 1.29 is 0 Å². The van der Waals surface area contributed by atoms with Crippen LogP contribution in [0, 0.1) is 13.8 Å². The van der Waals surface area contributed by atoms with Gasteiger partial charge < -0.3 is 0 Å². The Hall–Kier alpha value is -3.03. The molecule has 26 heavy (non-hydrogen) atoms. The first-order chi connectivity index (χ1) is 12.5. The topological polar surface area (TPSA) is 78.7 Å². The molecule has 0 unspecified atom stereocenters. The van der Waals surface area contributed by atoms with Gasteiger partial charge in [0.05, 0.1) is 11.4 Å². The predicted octanol–water partition coefficient (Wildman–Crippen LogP) is 2.15. The molecular formula is C18H20N8. The molecule has 1 saturated carbocycles. The van der Waals surface area contributed by atoms with Crippen LogP contribution in [0.25, 0.3) is 17.3 Å². The number of rotatable bonds is 3. The lowest BCUT2D eigenvalue weighted by atomic mass is 10.2. The average molecular weight is 348 g/mol. The van der Waals surface area contributed by atoms with Crippen LogP contribution in [0.4, 0.5) is 0 Å². The summed E-state index contributed by atoms with van der Waals surface area (Å²) in [6.45, 7) is 3.98. The monoisotopic (exact) mass is 348 g/mol. The van der Waals surface area contributed by atoms with Gasteiger partial charge in [0.2, 0.25) is 5.82 Å². The maximum Gasteiger partial charge on any atom is 0.253 e. The fourth-order valence-electron chi connectivity index (χ4n) is 3.63. The molecule has 0 N–H and O–H groups in total. The summed E-state index contributed by atoms with van der Waals surface area (Å²) in [4.78, 5) is 9.07. The van der Waals surface area contributed by atoms with E-state index in [9.17, 15) is 0 Å². The molecule has 2 atom stereocenters. The summed E-state index contributed by atoms with van der Waals surface area (Å²) in [5, 5.41) is 13.9. The van der Waals surface area contributed by atoms with E-state index in [-0.39, 0.29) is 0 Å². The Bertz CT molecular complexity index is 1130. The summed E-state index contributed by atoms with van der Waals surface area (Å²) in [6.07, 6.45) is 3.08. The van der Waals surface area contributed by atoms with Gasteiger partial charge in [-0.1, -0.05) is 0 Å². The van der Waals surface area contributed by atoms with Crippen molar-refractivity contribution in [3.05, 3.63) is 47.2 Å². The molecule has 1 fully saturated rings. The molecule has 0 amide bonds. The summed E-state index contributed by atoms with van der Waals surface area (Å²) in [5.41, 5.74) is 5.10. The zero-order valence-electron chi connectivity index (χ0n) is 15.2. The van der Waals surface area contributed by atoms with Crippen LogP contribution in [0.15, 0.2) is 24.4 Å². The number of nitrogens with zero attached hydrogens (tertiary/aromatic N) is 8. The largest absolute Gasteiger partial charge is 0.276 e. The van der Waals surface area contributed by atoms with Crippen LogP contribution in [-0.2, 0) is 14.1 Å². The van der Waals surface area contributed by atoms with E-state index in [1.807, 2.05) is 49.6 Å². The van der Waals surface area contributed by atoms with Crippen molar-refractivity contribution in [2.45, 2.75) is 32.1 Å². The van der Waals surface area contributed by atoms with E-state index in [1.54, 1.807) is 4.52 Å². The second kappa shape index (κ2) is 5.23. The van der Waals surface area contributed by atoms with Gasteiger partial charge in [-0.15, -0.1) is 5.10 Å². The maximum absolute atomic E-state index is 4.71. The first kappa shape index (κ1) is 15.2. The summed E-state index contributed by atoms with van der Waals surface area (Å²) in [6, 6.07) is 6.20. The van der Waals surface area contributed by atoms with Crippen LogP contribution in [0.3, 0.4) is 0 Å². The normalized spacial score (nSPS) is 19.4. The minimum absolute atomic E-state index is 0.420. The fourth-order valence-corrected chi connectivity index (χ4v) is 3.63. The molecule has 0 radical (unpaired) electrons. The quantitative estimate of drug-likeness (QED) is 0.567. The Morgan fingerprint density at radius 2 is 1.77 bits per heavy atom. The fraction of sp³-hybridized carbons (Fsp3) is 0.389. The molecule has 1 aliphatic rings. The average Bonchev–Trinajstić information content (AvgIpc) is 2.90. The standard InChI is InChI=1S/C18H20N8/c1-10-7-11(2)26-18(19-10)20-17(23-26)16-9-15(22-25(16)4)13-8-12(13)14-5-6-24(3)21-14/h5-7,9,12-13H,8H2,1-4H3/t12-,13-/m0/s1. The third-order valence-corrected chi connectivity index (χ3v) is 5.03. The highest BCUT2D eigenvalue weighted by Crippen LogP contribution is 2.53. The molecule has 4 aromatic rings. The first-order valence-corrected chi connectivity index (χ1v) is 8.74. The minimum Gasteiger partial charge on any atom is -0.276 e. The number of aromatic nitrogens is 8. The van der Waals surface area contributed by atoms with Gasteiger partial charge in [0.25, 0.3) is 5.78 Å². The van der Waals surface area contributed by atoms with Crippen molar-refractivity contribution in [3.63, 3.8) is 0 Å². The zero-order chi connectivity index (χ0) is 18.0. The van der Waals surface area contributed by atoms with E-state index in [0.29, 0.717) is 23.4 Å². The van der Waals surface area contributed by atoms with Crippen LogP contribution in [0.1, 0.15) is 41.0 Å². The van der Waals surface area contributed by atoms with Crippen LogP contribution in [0.5, 0.6) is 0 Å². The van der Waals surface area contributed by atoms with Gasteiger partial charge >= 0.3 is 0 Å². The molecule has 0 saturated heterocycles. The van der Waals surface area contributed by atoms with E-state index in [1.165, 1.54) is 0 Å². The molecule has 0 bridgehead atoms. The summed E-state index contributed by atoms with van der Waals surface area (Å²) in [7, 11) is 3.89. The van der Waals surface area contributed by atoms with Crippen molar-refractivity contribution >= 4 is 5.78 Å². The van der Waals surface area contributed by atoms with Crippen LogP contribution in [-0.4, -0.2) is 39.1 Å². The zero-order valence-corrected chi connectivity index (χ0v) is 15.2. The van der Waals surface area contributed by atoms with Gasteiger partial charge in [0.1, 0.15) is 5.69 Å². The maximum atomic E-state index is 4.71. The Kier molecular flexibility index (Phi) is 3.07. The molecule has 4 heterocycles. The van der Waals surface area contributed by atoms with Crippen molar-refractivity contribution in [3.8, 4) is 11.5 Å². The number of hydrogen-bond acceptors (Lipinski definition) is 5. The Morgan fingerprint density at radius 1 is 0.962 bits per heavy atom. The van der Waals surface area contributed by atoms with Crippen LogP contribution >= 0.6 is 0 Å². The smallest absolute Gasteiger partial charge is 0.253 e. The third-order valence-electron chi connectivity index (χ3n) is 5.03. The van der Waals surface area contributed by atoms with E-state index in [0.717, 1.165) is 34.9 Å². The van der Waals surface area contributed by atoms with E-state index >= 15 is 0 Å². The molecule has 132 valence electrons. The Balaban J connectivity index is 1.49. The van der Waals surface area contributed by atoms with Gasteiger partial charge in [-0.05, 0) is 38.5 Å². The van der Waals surface area contributed by atoms with Crippen molar-refractivity contribution in [2.24, 2.45) is 14.1 Å². The molecule has 8 nitrogen and oxygen atoms in total. The Morgan fingerprint density at radius 3 is 2.54 bits per heavy atom.